The van der Waals surface area contributed by atoms with Crippen LogP contribution in [0.5, 0.6) is 11.5 Å². The lowest BCUT2D eigenvalue weighted by Crippen LogP contribution is -1.98. The van der Waals surface area contributed by atoms with Gasteiger partial charge in [-0.3, -0.25) is 0 Å². The third-order valence-corrected chi connectivity index (χ3v) is 3.72. The number of rotatable bonds is 4. The maximum atomic E-state index is 5.92. The molecule has 2 aliphatic carbocycles. The Balaban J connectivity index is 1.37. The highest BCUT2D eigenvalue weighted by Crippen LogP contribution is 2.47. The molecular formula is C18H16O2. The maximum Gasteiger partial charge on any atom is 0.124 e. The summed E-state index contributed by atoms with van der Waals surface area (Å²) < 4.78 is 11.8. The summed E-state index contributed by atoms with van der Waals surface area (Å²) in [6, 6.07) is 20.0. The van der Waals surface area contributed by atoms with Crippen LogP contribution in [-0.4, -0.2) is 12.2 Å². The minimum absolute atomic E-state index is 0.275. The average Bonchev–Trinajstić information content (AvgIpc) is 3.38. The number of hydrogen-bond acceptors (Lipinski definition) is 2. The van der Waals surface area contributed by atoms with E-state index in [-0.39, 0.29) is 12.2 Å². The fourth-order valence-corrected chi connectivity index (χ4v) is 2.51. The largest absolute Gasteiger partial charge is 0.486 e. The van der Waals surface area contributed by atoms with Crippen molar-refractivity contribution in [1.82, 2.24) is 0 Å². The molecule has 4 rings (SSSR count). The Kier molecular flexibility index (Phi) is 2.73. The molecule has 0 heterocycles. The molecule has 0 aromatic heterocycles. The van der Waals surface area contributed by atoms with Crippen molar-refractivity contribution in [2.45, 2.75) is 25.0 Å². The molecular weight excluding hydrogens is 248 g/mol. The molecule has 100 valence electrons. The first-order valence-corrected chi connectivity index (χ1v) is 7.05. The van der Waals surface area contributed by atoms with Crippen molar-refractivity contribution in [3.05, 3.63) is 71.8 Å². The smallest absolute Gasteiger partial charge is 0.124 e. The van der Waals surface area contributed by atoms with Gasteiger partial charge in [0.2, 0.25) is 0 Å². The molecule has 0 amide bonds. The summed E-state index contributed by atoms with van der Waals surface area (Å²) in [7, 11) is 0. The summed E-state index contributed by atoms with van der Waals surface area (Å²) in [5.74, 6) is 1.91. The van der Waals surface area contributed by atoms with Gasteiger partial charge in [-0.1, -0.05) is 36.4 Å². The Morgan fingerprint density at radius 1 is 0.600 bits per heavy atom. The fourth-order valence-electron chi connectivity index (χ4n) is 2.51. The Hall–Kier alpha value is -2.22. The molecule has 2 atom stereocenters. The van der Waals surface area contributed by atoms with E-state index in [9.17, 15) is 0 Å². The third-order valence-electron chi connectivity index (χ3n) is 3.72. The molecule has 0 radical (unpaired) electrons. The summed E-state index contributed by atoms with van der Waals surface area (Å²) in [6.45, 7) is 0. The Bertz CT molecular complexity index is 573. The van der Waals surface area contributed by atoms with E-state index in [2.05, 4.69) is 0 Å². The highest BCUT2D eigenvalue weighted by atomic mass is 16.5. The molecule has 2 aromatic rings. The van der Waals surface area contributed by atoms with Crippen LogP contribution in [0, 0.1) is 0 Å². The number of benzene rings is 2. The highest BCUT2D eigenvalue weighted by Gasteiger charge is 2.45. The summed E-state index contributed by atoms with van der Waals surface area (Å²) in [6.07, 6.45) is 2.66. The predicted molar refractivity (Wildman–Crippen MR) is 78.0 cm³/mol. The van der Waals surface area contributed by atoms with Gasteiger partial charge in [0, 0.05) is 12.8 Å². The van der Waals surface area contributed by atoms with Crippen molar-refractivity contribution in [1.29, 1.82) is 0 Å². The van der Waals surface area contributed by atoms with Crippen molar-refractivity contribution in [3.63, 3.8) is 0 Å². The van der Waals surface area contributed by atoms with Gasteiger partial charge in [-0.05, 0) is 35.4 Å². The number of ether oxygens (including phenoxy) is 2. The van der Waals surface area contributed by atoms with E-state index in [0.717, 1.165) is 24.3 Å². The van der Waals surface area contributed by atoms with E-state index in [1.807, 2.05) is 60.7 Å². The molecule has 2 nitrogen and oxygen atoms in total. The van der Waals surface area contributed by atoms with Crippen LogP contribution in [-0.2, 0) is 0 Å². The normalized spacial score (nSPS) is 27.0. The van der Waals surface area contributed by atoms with Crippen molar-refractivity contribution in [3.8, 4) is 11.5 Å². The van der Waals surface area contributed by atoms with Gasteiger partial charge in [-0.2, -0.15) is 0 Å². The van der Waals surface area contributed by atoms with Gasteiger partial charge in [0.25, 0.3) is 0 Å². The monoisotopic (exact) mass is 264 g/mol. The Labute approximate surface area is 118 Å². The maximum absolute atomic E-state index is 5.92. The van der Waals surface area contributed by atoms with Crippen LogP contribution in [0.4, 0.5) is 0 Å². The van der Waals surface area contributed by atoms with Crippen LogP contribution < -0.4 is 9.47 Å². The third kappa shape index (κ3) is 2.42. The minimum Gasteiger partial charge on any atom is -0.486 e. The van der Waals surface area contributed by atoms with Gasteiger partial charge in [0.05, 0.1) is 0 Å². The van der Waals surface area contributed by atoms with E-state index in [4.69, 9.17) is 9.47 Å². The van der Waals surface area contributed by atoms with Crippen LogP contribution in [0.3, 0.4) is 0 Å². The molecule has 2 unspecified atom stereocenters. The van der Waals surface area contributed by atoms with Gasteiger partial charge in [-0.15, -0.1) is 0 Å². The molecule has 0 saturated heterocycles. The quantitative estimate of drug-likeness (QED) is 0.777. The van der Waals surface area contributed by atoms with Crippen molar-refractivity contribution >= 4 is 0 Å². The van der Waals surface area contributed by atoms with Gasteiger partial charge >= 0.3 is 0 Å². The van der Waals surface area contributed by atoms with E-state index in [1.165, 1.54) is 11.1 Å². The van der Waals surface area contributed by atoms with E-state index >= 15 is 0 Å². The molecule has 20 heavy (non-hydrogen) atoms. The summed E-state index contributed by atoms with van der Waals surface area (Å²) >= 11 is 0. The summed E-state index contributed by atoms with van der Waals surface area (Å²) in [4.78, 5) is 0. The van der Waals surface area contributed by atoms with Crippen LogP contribution in [0.2, 0.25) is 0 Å². The van der Waals surface area contributed by atoms with Crippen molar-refractivity contribution in [2.24, 2.45) is 0 Å². The second-order valence-electron chi connectivity index (χ2n) is 5.30. The minimum atomic E-state index is 0.275. The Morgan fingerprint density at radius 3 is 1.40 bits per heavy atom. The predicted octanol–water partition coefficient (Wildman–Crippen LogP) is 3.99. The summed E-state index contributed by atoms with van der Waals surface area (Å²) in [5.41, 5.74) is 2.88. The first-order valence-electron chi connectivity index (χ1n) is 7.05. The lowest BCUT2D eigenvalue weighted by molar-refractivity contribution is 0.308. The zero-order valence-corrected chi connectivity index (χ0v) is 11.2. The van der Waals surface area contributed by atoms with Crippen LogP contribution >= 0.6 is 0 Å². The number of hydrogen-bond donors (Lipinski definition) is 0. The second-order valence-corrected chi connectivity index (χ2v) is 5.30. The van der Waals surface area contributed by atoms with Gasteiger partial charge < -0.3 is 9.47 Å². The van der Waals surface area contributed by atoms with E-state index in [0.29, 0.717) is 0 Å². The lowest BCUT2D eigenvalue weighted by atomic mass is 10.3. The highest BCUT2D eigenvalue weighted by molar-refractivity contribution is 5.45. The molecule has 2 fully saturated rings. The summed E-state index contributed by atoms with van der Waals surface area (Å²) in [5, 5.41) is 0. The van der Waals surface area contributed by atoms with Gasteiger partial charge in [0.1, 0.15) is 23.7 Å². The molecule has 0 bridgehead atoms. The Morgan fingerprint density at radius 2 is 1.00 bits per heavy atom. The molecule has 2 aliphatic rings. The van der Waals surface area contributed by atoms with Crippen molar-refractivity contribution < 1.29 is 9.47 Å². The molecule has 2 saturated carbocycles. The van der Waals surface area contributed by atoms with Crippen LogP contribution in [0.15, 0.2) is 71.8 Å². The standard InChI is InChI=1S/C18H16O2/c1-3-7-13(8-4-1)19-17-11-15(17)16-12-18(16)20-14-9-5-2-6-10-14/h1-10,17-18H,11-12H2/b16-15-. The van der Waals surface area contributed by atoms with E-state index < -0.39 is 0 Å². The molecule has 0 aliphatic heterocycles. The molecule has 2 aromatic carbocycles. The number of para-hydroxylation sites is 2. The first-order chi connectivity index (χ1) is 9.90. The topological polar surface area (TPSA) is 18.5 Å². The zero-order chi connectivity index (χ0) is 13.4. The van der Waals surface area contributed by atoms with E-state index in [1.54, 1.807) is 0 Å². The SMILES string of the molecule is c1ccc(OC2C/C2=C2\CC2Oc2ccccc2)cc1. The molecule has 0 spiro atoms. The first kappa shape index (κ1) is 11.6. The second kappa shape index (κ2) is 4.71. The molecule has 2 heteroatoms. The van der Waals surface area contributed by atoms with Crippen LogP contribution in [0.25, 0.3) is 0 Å². The van der Waals surface area contributed by atoms with Gasteiger partial charge in [0.15, 0.2) is 0 Å². The average molecular weight is 264 g/mol. The van der Waals surface area contributed by atoms with Crippen LogP contribution in [0.1, 0.15) is 12.8 Å². The lowest BCUT2D eigenvalue weighted by Gasteiger charge is -2.03. The zero-order valence-electron chi connectivity index (χ0n) is 11.2. The fraction of sp³-hybridized carbons (Fsp3) is 0.222. The molecule has 0 N–H and O–H groups in total. The van der Waals surface area contributed by atoms with Gasteiger partial charge in [-0.25, -0.2) is 0 Å². The van der Waals surface area contributed by atoms with Crippen molar-refractivity contribution in [2.75, 3.05) is 0 Å².